The van der Waals surface area contributed by atoms with Gasteiger partial charge in [-0.05, 0) is 18.2 Å². The van der Waals surface area contributed by atoms with Gasteiger partial charge < -0.3 is 15.6 Å². The minimum Gasteiger partial charge on any atom is -0.488 e. The molecule has 3 nitrogen and oxygen atoms in total. The van der Waals surface area contributed by atoms with Gasteiger partial charge in [0.15, 0.2) is 0 Å². The van der Waals surface area contributed by atoms with Gasteiger partial charge in [0.05, 0.1) is 6.61 Å². The molecule has 0 bridgehead atoms. The van der Waals surface area contributed by atoms with Crippen molar-refractivity contribution in [2.45, 2.75) is 18.6 Å². The fourth-order valence-electron chi connectivity index (χ4n) is 1.67. The Kier molecular flexibility index (Phi) is 2.76. The number of aliphatic hydroxyl groups is 1. The molecule has 0 saturated heterocycles. The summed E-state index contributed by atoms with van der Waals surface area (Å²) in [7, 11) is 0. The van der Waals surface area contributed by atoms with Crippen LogP contribution in [0.3, 0.4) is 0 Å². The molecule has 0 aromatic heterocycles. The molecule has 3 N–H and O–H groups in total. The highest BCUT2D eigenvalue weighted by Gasteiger charge is 2.25. The first kappa shape index (κ1) is 9.96. The second-order valence-corrected chi connectivity index (χ2v) is 4.36. The van der Waals surface area contributed by atoms with Crippen molar-refractivity contribution in [1.82, 2.24) is 0 Å². The molecule has 2 rings (SSSR count). The van der Waals surface area contributed by atoms with Crippen LogP contribution in [0.4, 0.5) is 0 Å². The average molecular weight is 258 g/mol. The lowest BCUT2D eigenvalue weighted by molar-refractivity contribution is 0.0888. The highest BCUT2D eigenvalue weighted by atomic mass is 79.9. The third kappa shape index (κ3) is 1.78. The Labute approximate surface area is 91.0 Å². The first-order valence-corrected chi connectivity index (χ1v) is 5.32. The van der Waals surface area contributed by atoms with Crippen molar-refractivity contribution in [2.75, 3.05) is 6.61 Å². The van der Waals surface area contributed by atoms with E-state index in [0.29, 0.717) is 6.42 Å². The van der Waals surface area contributed by atoms with Crippen LogP contribution < -0.4 is 10.5 Å². The standard InChI is InChI=1S/C10H12BrNO2/c11-6-1-2-10-8(3-6)9(12)4-7(5-13)14-10/h1-3,7,9,13H,4-5,12H2/t7?,9-/m1/s1. The van der Waals surface area contributed by atoms with Crippen LogP contribution in [0.5, 0.6) is 5.75 Å². The molecule has 1 aliphatic heterocycles. The van der Waals surface area contributed by atoms with Gasteiger partial charge in [-0.25, -0.2) is 0 Å². The van der Waals surface area contributed by atoms with Gasteiger partial charge in [0, 0.05) is 22.5 Å². The van der Waals surface area contributed by atoms with E-state index in [1.807, 2.05) is 18.2 Å². The smallest absolute Gasteiger partial charge is 0.124 e. The van der Waals surface area contributed by atoms with Crippen molar-refractivity contribution in [3.63, 3.8) is 0 Å². The molecule has 1 aromatic carbocycles. The van der Waals surface area contributed by atoms with Gasteiger partial charge in [0.2, 0.25) is 0 Å². The van der Waals surface area contributed by atoms with Crippen LogP contribution >= 0.6 is 15.9 Å². The van der Waals surface area contributed by atoms with Crippen LogP contribution in [0.25, 0.3) is 0 Å². The summed E-state index contributed by atoms with van der Waals surface area (Å²) in [6, 6.07) is 5.70. The molecule has 14 heavy (non-hydrogen) atoms. The molecule has 2 atom stereocenters. The number of hydrogen-bond acceptors (Lipinski definition) is 3. The minimum atomic E-state index is -0.168. The summed E-state index contributed by atoms with van der Waals surface area (Å²) in [5.74, 6) is 0.783. The van der Waals surface area contributed by atoms with E-state index >= 15 is 0 Å². The molecule has 1 unspecified atom stereocenters. The Balaban J connectivity index is 2.35. The second-order valence-electron chi connectivity index (χ2n) is 3.45. The third-order valence-electron chi connectivity index (χ3n) is 2.39. The van der Waals surface area contributed by atoms with Crippen molar-refractivity contribution in [3.8, 4) is 5.75 Å². The Morgan fingerprint density at radius 3 is 3.07 bits per heavy atom. The van der Waals surface area contributed by atoms with E-state index < -0.39 is 0 Å². The van der Waals surface area contributed by atoms with Crippen molar-refractivity contribution < 1.29 is 9.84 Å². The fourth-order valence-corrected chi connectivity index (χ4v) is 2.04. The minimum absolute atomic E-state index is 0.0171. The number of aliphatic hydroxyl groups excluding tert-OH is 1. The largest absolute Gasteiger partial charge is 0.488 e. The molecule has 1 aromatic rings. The van der Waals surface area contributed by atoms with Crippen LogP contribution in [0.2, 0.25) is 0 Å². The number of fused-ring (bicyclic) bond motifs is 1. The summed E-state index contributed by atoms with van der Waals surface area (Å²) < 4.78 is 6.55. The fraction of sp³-hybridized carbons (Fsp3) is 0.400. The van der Waals surface area contributed by atoms with E-state index in [2.05, 4.69) is 15.9 Å². The summed E-state index contributed by atoms with van der Waals surface area (Å²) in [5, 5.41) is 9.00. The molecule has 1 heterocycles. The van der Waals surface area contributed by atoms with Crippen molar-refractivity contribution >= 4 is 15.9 Å². The highest BCUT2D eigenvalue weighted by molar-refractivity contribution is 9.10. The number of nitrogens with two attached hydrogens (primary N) is 1. The predicted octanol–water partition coefficient (Wildman–Crippen LogP) is 1.59. The molecular weight excluding hydrogens is 246 g/mol. The number of halogens is 1. The van der Waals surface area contributed by atoms with Gasteiger partial charge in [0.25, 0.3) is 0 Å². The Morgan fingerprint density at radius 1 is 1.57 bits per heavy atom. The second kappa shape index (κ2) is 3.88. The summed E-state index contributed by atoms with van der Waals surface area (Å²) in [6.45, 7) is 0.0171. The molecule has 76 valence electrons. The summed E-state index contributed by atoms with van der Waals surface area (Å²) in [6.07, 6.45) is 0.499. The first-order valence-electron chi connectivity index (χ1n) is 4.53. The monoisotopic (exact) mass is 257 g/mol. The average Bonchev–Trinajstić information content (AvgIpc) is 2.19. The zero-order chi connectivity index (χ0) is 10.1. The van der Waals surface area contributed by atoms with Gasteiger partial charge in [-0.15, -0.1) is 0 Å². The molecule has 0 radical (unpaired) electrons. The van der Waals surface area contributed by atoms with E-state index in [-0.39, 0.29) is 18.8 Å². The van der Waals surface area contributed by atoms with E-state index in [1.54, 1.807) is 0 Å². The molecule has 0 spiro atoms. The van der Waals surface area contributed by atoms with E-state index in [4.69, 9.17) is 15.6 Å². The molecular formula is C10H12BrNO2. The number of ether oxygens (including phenoxy) is 1. The maximum Gasteiger partial charge on any atom is 0.124 e. The molecule has 0 aliphatic carbocycles. The zero-order valence-electron chi connectivity index (χ0n) is 7.61. The van der Waals surface area contributed by atoms with Gasteiger partial charge in [-0.3, -0.25) is 0 Å². The zero-order valence-corrected chi connectivity index (χ0v) is 9.20. The van der Waals surface area contributed by atoms with Crippen LogP contribution in [-0.4, -0.2) is 17.8 Å². The lowest BCUT2D eigenvalue weighted by Gasteiger charge is -2.29. The van der Waals surface area contributed by atoms with Crippen LogP contribution in [-0.2, 0) is 0 Å². The van der Waals surface area contributed by atoms with Gasteiger partial charge in [-0.2, -0.15) is 0 Å². The summed E-state index contributed by atoms with van der Waals surface area (Å²) in [5.41, 5.74) is 6.97. The topological polar surface area (TPSA) is 55.5 Å². The van der Waals surface area contributed by atoms with Crippen LogP contribution in [0.1, 0.15) is 18.0 Å². The summed E-state index contributed by atoms with van der Waals surface area (Å²) >= 11 is 3.39. The molecule has 4 heteroatoms. The molecule has 0 saturated carbocycles. The van der Waals surface area contributed by atoms with Crippen molar-refractivity contribution in [2.24, 2.45) is 5.73 Å². The Bertz CT molecular complexity index is 343. The predicted molar refractivity (Wildman–Crippen MR) is 57.2 cm³/mol. The summed E-state index contributed by atoms with van der Waals surface area (Å²) in [4.78, 5) is 0. The third-order valence-corrected chi connectivity index (χ3v) is 2.88. The van der Waals surface area contributed by atoms with Gasteiger partial charge in [-0.1, -0.05) is 15.9 Å². The molecule has 1 aliphatic rings. The SMILES string of the molecule is N[C@@H]1CC(CO)Oc2ccc(Br)cc21. The normalized spacial score (nSPS) is 25.4. The van der Waals surface area contributed by atoms with Gasteiger partial charge in [0.1, 0.15) is 11.9 Å². The number of benzene rings is 1. The lowest BCUT2D eigenvalue weighted by atomic mass is 9.98. The van der Waals surface area contributed by atoms with Crippen LogP contribution in [0.15, 0.2) is 22.7 Å². The number of hydrogen-bond donors (Lipinski definition) is 2. The quantitative estimate of drug-likeness (QED) is 0.804. The van der Waals surface area contributed by atoms with E-state index in [9.17, 15) is 0 Å². The number of rotatable bonds is 1. The van der Waals surface area contributed by atoms with Gasteiger partial charge >= 0.3 is 0 Å². The van der Waals surface area contributed by atoms with Crippen molar-refractivity contribution in [1.29, 1.82) is 0 Å². The maximum absolute atomic E-state index is 9.00. The Hall–Kier alpha value is -0.580. The van der Waals surface area contributed by atoms with Crippen LogP contribution in [0, 0.1) is 0 Å². The van der Waals surface area contributed by atoms with Crippen molar-refractivity contribution in [3.05, 3.63) is 28.2 Å². The first-order chi connectivity index (χ1) is 6.70. The highest BCUT2D eigenvalue weighted by Crippen LogP contribution is 2.34. The van der Waals surface area contributed by atoms with E-state index in [1.165, 1.54) is 0 Å². The maximum atomic E-state index is 9.00. The molecule has 0 fully saturated rings. The molecule has 0 amide bonds. The van der Waals surface area contributed by atoms with E-state index in [0.717, 1.165) is 15.8 Å². The Morgan fingerprint density at radius 2 is 2.36 bits per heavy atom. The lowest BCUT2D eigenvalue weighted by Crippen LogP contribution is -2.31.